The molecule has 0 bridgehead atoms. The van der Waals surface area contributed by atoms with E-state index in [9.17, 15) is 19.5 Å². The van der Waals surface area contributed by atoms with E-state index in [0.29, 0.717) is 12.1 Å². The first-order valence-electron chi connectivity index (χ1n) is 3.80. The van der Waals surface area contributed by atoms with E-state index >= 15 is 0 Å². The first-order chi connectivity index (χ1) is 7.21. The second kappa shape index (κ2) is 4.01. The van der Waals surface area contributed by atoms with Crippen LogP contribution in [0.5, 0.6) is 0 Å². The van der Waals surface area contributed by atoms with Gasteiger partial charge >= 0.3 is 13.6 Å². The summed E-state index contributed by atoms with van der Waals surface area (Å²) in [5.41, 5.74) is -1.23. The number of rotatable bonds is 3. The van der Waals surface area contributed by atoms with Crippen LogP contribution in [0.4, 0.5) is 5.69 Å². The van der Waals surface area contributed by atoms with E-state index in [1.54, 1.807) is 0 Å². The lowest BCUT2D eigenvalue weighted by Gasteiger charge is -2.04. The van der Waals surface area contributed by atoms with Crippen molar-refractivity contribution < 1.29 is 29.2 Å². The van der Waals surface area contributed by atoms with Crippen molar-refractivity contribution in [2.45, 2.75) is 0 Å². The molecule has 0 atom stereocenters. The van der Waals surface area contributed by atoms with Crippen LogP contribution >= 0.6 is 7.60 Å². The normalized spacial score (nSPS) is 11.1. The smallest absolute Gasteiger partial charge is 0.356 e. The van der Waals surface area contributed by atoms with Gasteiger partial charge in [-0.1, -0.05) is 0 Å². The highest BCUT2D eigenvalue weighted by molar-refractivity contribution is 7.60. The fourth-order valence-electron chi connectivity index (χ4n) is 0.992. The molecule has 1 rings (SSSR count). The van der Waals surface area contributed by atoms with Gasteiger partial charge in [-0.05, 0) is 6.07 Å². The van der Waals surface area contributed by atoms with Crippen LogP contribution in [0.15, 0.2) is 18.2 Å². The summed E-state index contributed by atoms with van der Waals surface area (Å²) < 4.78 is 10.9. The lowest BCUT2D eigenvalue weighted by Crippen LogP contribution is -2.09. The van der Waals surface area contributed by atoms with E-state index < -0.39 is 35.0 Å². The van der Waals surface area contributed by atoms with Gasteiger partial charge in [0, 0.05) is 12.1 Å². The third-order valence-corrected chi connectivity index (χ3v) is 2.63. The third-order valence-electron chi connectivity index (χ3n) is 1.70. The Morgan fingerprint density at radius 2 is 1.88 bits per heavy atom. The third kappa shape index (κ3) is 2.63. The molecule has 16 heavy (non-hydrogen) atoms. The second-order valence-corrected chi connectivity index (χ2v) is 4.45. The zero-order chi connectivity index (χ0) is 12.5. The number of carbonyl (C=O) groups is 1. The summed E-state index contributed by atoms with van der Waals surface area (Å²) >= 11 is 0. The largest absolute Gasteiger partial charge is 0.478 e. The lowest BCUT2D eigenvalue weighted by atomic mass is 10.2. The number of nitro benzene ring substituents is 1. The Morgan fingerprint density at radius 1 is 1.31 bits per heavy atom. The Kier molecular flexibility index (Phi) is 3.09. The maximum absolute atomic E-state index is 10.9. The van der Waals surface area contributed by atoms with E-state index in [-0.39, 0.29) is 0 Å². The van der Waals surface area contributed by atoms with E-state index in [1.807, 2.05) is 0 Å². The summed E-state index contributed by atoms with van der Waals surface area (Å²) in [7, 11) is -4.72. The number of carboxylic acid groups (broad SMARTS) is 1. The molecule has 9 heteroatoms. The number of non-ortho nitro benzene ring substituents is 1. The van der Waals surface area contributed by atoms with Crippen molar-refractivity contribution in [2.24, 2.45) is 0 Å². The number of carboxylic acids is 1. The van der Waals surface area contributed by atoms with Crippen LogP contribution in [0.1, 0.15) is 10.4 Å². The summed E-state index contributed by atoms with van der Waals surface area (Å²) in [5, 5.41) is 18.3. The van der Waals surface area contributed by atoms with Crippen molar-refractivity contribution in [2.75, 3.05) is 0 Å². The highest BCUT2D eigenvalue weighted by atomic mass is 31.2. The van der Waals surface area contributed by atoms with Crippen molar-refractivity contribution in [3.63, 3.8) is 0 Å². The standard InChI is InChI=1S/C7H6NO7P/c9-7(10)4-1-5(8(11)12)3-6(2-4)16(13,14)15/h1-3H,(H,9,10)(H2,13,14,15). The van der Waals surface area contributed by atoms with Gasteiger partial charge in [-0.3, -0.25) is 14.7 Å². The fraction of sp³-hybridized carbons (Fsp3) is 0. The molecule has 3 N–H and O–H groups in total. The first-order valence-corrected chi connectivity index (χ1v) is 5.42. The van der Waals surface area contributed by atoms with Gasteiger partial charge in [0.1, 0.15) is 0 Å². The Balaban J connectivity index is 3.48. The molecule has 0 aliphatic heterocycles. The fourth-order valence-corrected chi connectivity index (χ4v) is 1.60. The van der Waals surface area contributed by atoms with Crippen molar-refractivity contribution in [1.29, 1.82) is 0 Å². The number of hydrogen-bond acceptors (Lipinski definition) is 4. The molecule has 0 amide bonds. The van der Waals surface area contributed by atoms with Crippen molar-refractivity contribution in [3.8, 4) is 0 Å². The molecular weight excluding hydrogens is 241 g/mol. The van der Waals surface area contributed by atoms with Crippen molar-refractivity contribution >= 4 is 24.6 Å². The zero-order valence-corrected chi connectivity index (χ0v) is 8.50. The Labute approximate surface area is 88.5 Å². The number of aromatic carboxylic acids is 1. The summed E-state index contributed by atoms with van der Waals surface area (Å²) in [6.45, 7) is 0. The van der Waals surface area contributed by atoms with E-state index in [0.717, 1.165) is 6.07 Å². The molecule has 86 valence electrons. The van der Waals surface area contributed by atoms with Gasteiger partial charge < -0.3 is 14.9 Å². The molecule has 0 heterocycles. The molecule has 0 fully saturated rings. The van der Waals surface area contributed by atoms with Crippen LogP contribution in [0.3, 0.4) is 0 Å². The molecule has 8 nitrogen and oxygen atoms in total. The topological polar surface area (TPSA) is 138 Å². The van der Waals surface area contributed by atoms with Gasteiger partial charge in [-0.15, -0.1) is 0 Å². The number of hydrogen-bond donors (Lipinski definition) is 3. The molecule has 0 aliphatic carbocycles. The van der Waals surface area contributed by atoms with E-state index in [4.69, 9.17) is 14.9 Å². The minimum absolute atomic E-state index is 0.549. The van der Waals surface area contributed by atoms with Crippen LogP contribution in [-0.2, 0) is 4.57 Å². The van der Waals surface area contributed by atoms with Gasteiger partial charge in [-0.25, -0.2) is 4.79 Å². The highest BCUT2D eigenvalue weighted by Gasteiger charge is 2.23. The van der Waals surface area contributed by atoms with Crippen LogP contribution < -0.4 is 5.30 Å². The van der Waals surface area contributed by atoms with Crippen molar-refractivity contribution in [3.05, 3.63) is 33.9 Å². The van der Waals surface area contributed by atoms with Crippen LogP contribution in [0.2, 0.25) is 0 Å². The average Bonchev–Trinajstić information content (AvgIpc) is 2.15. The summed E-state index contributed by atoms with van der Waals surface area (Å²) in [6, 6.07) is 2.07. The summed E-state index contributed by atoms with van der Waals surface area (Å²) in [4.78, 5) is 37.7. The monoisotopic (exact) mass is 247 g/mol. The number of nitrogens with zero attached hydrogens (tertiary/aromatic N) is 1. The molecule has 0 saturated carbocycles. The molecular formula is C7H6NO7P. The summed E-state index contributed by atoms with van der Waals surface area (Å²) in [6.07, 6.45) is 0. The van der Waals surface area contributed by atoms with Gasteiger partial charge in [-0.2, -0.15) is 0 Å². The molecule has 0 unspecified atom stereocenters. The Bertz CT molecular complexity index is 473. The molecule has 0 aliphatic rings. The van der Waals surface area contributed by atoms with Gasteiger partial charge in [0.05, 0.1) is 15.8 Å². The Morgan fingerprint density at radius 3 is 2.25 bits per heavy atom. The number of nitro groups is 1. The quantitative estimate of drug-likeness (QED) is 0.391. The maximum Gasteiger partial charge on any atom is 0.356 e. The maximum atomic E-state index is 10.9. The first kappa shape index (κ1) is 12.3. The predicted molar refractivity (Wildman–Crippen MR) is 51.7 cm³/mol. The molecule has 0 spiro atoms. The van der Waals surface area contributed by atoms with Crippen LogP contribution in [0.25, 0.3) is 0 Å². The molecule has 0 saturated heterocycles. The summed E-state index contributed by atoms with van der Waals surface area (Å²) in [5.74, 6) is -1.50. The van der Waals surface area contributed by atoms with Gasteiger partial charge in [0.15, 0.2) is 0 Å². The van der Waals surface area contributed by atoms with Gasteiger partial charge in [0.25, 0.3) is 5.69 Å². The second-order valence-electron chi connectivity index (χ2n) is 2.84. The SMILES string of the molecule is O=C(O)c1cc([N+](=O)[O-])cc(P(=O)(O)O)c1. The lowest BCUT2D eigenvalue weighted by molar-refractivity contribution is -0.384. The van der Waals surface area contributed by atoms with E-state index in [2.05, 4.69) is 0 Å². The molecule has 1 aromatic rings. The molecule has 0 aromatic heterocycles. The predicted octanol–water partition coefficient (Wildman–Crippen LogP) is 0.0960. The van der Waals surface area contributed by atoms with E-state index in [1.165, 1.54) is 0 Å². The molecule has 0 radical (unpaired) electrons. The minimum Gasteiger partial charge on any atom is -0.478 e. The molecule has 1 aromatic carbocycles. The van der Waals surface area contributed by atoms with Crippen LogP contribution in [0, 0.1) is 10.1 Å². The van der Waals surface area contributed by atoms with Crippen LogP contribution in [-0.4, -0.2) is 25.8 Å². The van der Waals surface area contributed by atoms with Gasteiger partial charge in [0.2, 0.25) is 0 Å². The highest BCUT2D eigenvalue weighted by Crippen LogP contribution is 2.34. The number of benzene rings is 1. The minimum atomic E-state index is -4.72. The Hall–Kier alpha value is -1.76. The average molecular weight is 247 g/mol. The van der Waals surface area contributed by atoms with Crippen molar-refractivity contribution in [1.82, 2.24) is 0 Å². The zero-order valence-electron chi connectivity index (χ0n) is 7.60.